The number of anilines is 2. The number of nitrogens with one attached hydrogen (secondary N) is 3. The number of aliphatic hydroxyl groups is 1. The monoisotopic (exact) mass is 764 g/mol. The largest absolute Gasteiger partial charge is 0.508 e. The number of amides is 4. The third-order valence-electron chi connectivity index (χ3n) is 14.4. The first kappa shape index (κ1) is 39.3. The van der Waals surface area contributed by atoms with E-state index < -0.39 is 40.9 Å². The van der Waals surface area contributed by atoms with E-state index in [4.69, 9.17) is 10.5 Å². The Bertz CT molecular complexity index is 2030. The quantitative estimate of drug-likeness (QED) is 0.110. The molecule has 0 unspecified atom stereocenters. The topological polar surface area (TPSA) is 180 Å². The minimum absolute atomic E-state index is 0.0258. The Labute approximate surface area is 329 Å². The smallest absolute Gasteiger partial charge is 0.408 e. The van der Waals surface area contributed by atoms with Crippen LogP contribution < -0.4 is 21.7 Å². The van der Waals surface area contributed by atoms with Crippen LogP contribution >= 0.6 is 0 Å². The van der Waals surface area contributed by atoms with Gasteiger partial charge in [0.15, 0.2) is 0 Å². The molecule has 298 valence electrons. The van der Waals surface area contributed by atoms with Crippen LogP contribution in [0, 0.1) is 22.7 Å². The van der Waals surface area contributed by atoms with Gasteiger partial charge in [-0.15, -0.1) is 0 Å². The van der Waals surface area contributed by atoms with Crippen molar-refractivity contribution in [3.8, 4) is 5.75 Å². The van der Waals surface area contributed by atoms with E-state index >= 15 is 0 Å². The average Bonchev–Trinajstić information content (AvgIpc) is 3.16. The summed E-state index contributed by atoms with van der Waals surface area (Å²) in [5, 5.41) is 28.7. The summed E-state index contributed by atoms with van der Waals surface area (Å²) >= 11 is 0. The van der Waals surface area contributed by atoms with Crippen molar-refractivity contribution in [2.24, 2.45) is 22.7 Å². The second-order valence-corrected chi connectivity index (χ2v) is 17.7. The molecule has 2 fully saturated rings. The van der Waals surface area contributed by atoms with Crippen LogP contribution in [-0.2, 0) is 49.4 Å². The molecule has 7 rings (SSSR count). The maximum absolute atomic E-state index is 14.6. The van der Waals surface area contributed by atoms with Crippen molar-refractivity contribution in [1.82, 2.24) is 10.6 Å². The van der Waals surface area contributed by atoms with Gasteiger partial charge >= 0.3 is 6.09 Å². The number of carbonyl (C=O) groups excluding carboxylic acids is 4. The number of imide groups is 1. The number of nitrogens with two attached hydrogens (primary N) is 1. The molecule has 0 spiro atoms. The highest BCUT2D eigenvalue weighted by Crippen LogP contribution is 2.59. The van der Waals surface area contributed by atoms with Crippen molar-refractivity contribution in [2.75, 3.05) is 17.7 Å². The zero-order valence-corrected chi connectivity index (χ0v) is 33.0. The summed E-state index contributed by atoms with van der Waals surface area (Å²) < 4.78 is 5.25. The van der Waals surface area contributed by atoms with Crippen molar-refractivity contribution < 1.29 is 34.1 Å². The fourth-order valence-corrected chi connectivity index (χ4v) is 11.3. The van der Waals surface area contributed by atoms with Crippen LogP contribution in [0.4, 0.5) is 16.2 Å². The maximum Gasteiger partial charge on any atom is 0.408 e. The third-order valence-corrected chi connectivity index (χ3v) is 14.4. The molecule has 0 bridgehead atoms. The van der Waals surface area contributed by atoms with Gasteiger partial charge in [-0.1, -0.05) is 64.8 Å². The van der Waals surface area contributed by atoms with Gasteiger partial charge in [0, 0.05) is 11.4 Å². The molecule has 0 heterocycles. The van der Waals surface area contributed by atoms with Gasteiger partial charge in [-0.3, -0.25) is 19.7 Å². The first-order valence-electron chi connectivity index (χ1n) is 20.1. The molecule has 11 nitrogen and oxygen atoms in total. The zero-order chi connectivity index (χ0) is 40.0. The van der Waals surface area contributed by atoms with Crippen LogP contribution in [0.5, 0.6) is 5.75 Å². The lowest BCUT2D eigenvalue weighted by Gasteiger charge is -2.56. The number of rotatable bonds is 8. The van der Waals surface area contributed by atoms with Gasteiger partial charge in [0.25, 0.3) is 0 Å². The van der Waals surface area contributed by atoms with Crippen molar-refractivity contribution in [3.05, 3.63) is 88.5 Å². The maximum atomic E-state index is 14.6. The first-order chi connectivity index (χ1) is 26.6. The summed E-state index contributed by atoms with van der Waals surface area (Å²) in [4.78, 5) is 54.8. The fourth-order valence-electron chi connectivity index (χ4n) is 11.3. The Morgan fingerprint density at radius 2 is 1.34 bits per heavy atom. The first-order valence-corrected chi connectivity index (χ1v) is 20.1. The molecule has 7 atom stereocenters. The Balaban J connectivity index is 1.04. The number of nitrogen functional groups attached to an aromatic ring is 1. The SMILES string of the molecule is C[C@]1(C(=O)NC(=O)[C@@]2(C)CCC[C@]3(C)c4cc(NC(=O)[C@H](CO)NC(=O)OCc5ccc(N)cc5)ccc4CC[C@@H]23)CCC[C@]2(C)c3cc(O)ccc3CC[C@@H]12. The normalized spacial score (nSPS) is 29.6. The Morgan fingerprint density at radius 1 is 0.786 bits per heavy atom. The van der Waals surface area contributed by atoms with Crippen LogP contribution in [0.3, 0.4) is 0 Å². The van der Waals surface area contributed by atoms with Gasteiger partial charge in [0.1, 0.15) is 18.4 Å². The summed E-state index contributed by atoms with van der Waals surface area (Å²) in [5.41, 5.74) is 9.92. The van der Waals surface area contributed by atoms with E-state index in [9.17, 15) is 29.4 Å². The van der Waals surface area contributed by atoms with Crippen molar-refractivity contribution >= 4 is 35.2 Å². The van der Waals surface area contributed by atoms with Crippen LogP contribution in [0.2, 0.25) is 0 Å². The minimum Gasteiger partial charge on any atom is -0.508 e. The lowest BCUT2D eigenvalue weighted by atomic mass is 9.49. The number of fused-ring (bicyclic) bond motifs is 6. The predicted octanol–water partition coefficient (Wildman–Crippen LogP) is 6.56. The number of phenols is 1. The summed E-state index contributed by atoms with van der Waals surface area (Å²) in [6.45, 7) is 7.83. The van der Waals surface area contributed by atoms with Crippen molar-refractivity contribution in [1.29, 1.82) is 0 Å². The van der Waals surface area contributed by atoms with Crippen molar-refractivity contribution in [3.63, 3.8) is 0 Å². The number of aromatic hydroxyl groups is 1. The molecular weight excluding hydrogens is 709 g/mol. The highest BCUT2D eigenvalue weighted by Gasteiger charge is 2.58. The van der Waals surface area contributed by atoms with Gasteiger partial charge in [-0.25, -0.2) is 4.79 Å². The molecule has 0 saturated heterocycles. The standard InChI is InChI=1S/C45H56N4O7/c1-42-19-5-21-44(3,39(53)49-40(54)45(4)22-6-20-43(2)34-24-32(51)16-10-29(34)12-18-37(43)45)36(42)17-11-28-9-15-31(23-33(28)42)47-38(52)35(25-50)48-41(55)56-26-27-7-13-30(46)14-8-27/h7-10,13-16,23-24,35-37,50-51H,5-6,11-12,17-22,25-26,46H2,1-4H3,(H,47,52)(H,48,55)(H,49,53,54)/t35-,36+,37+,42+,43+,44-,45-/m0/s1. The highest BCUT2D eigenvalue weighted by atomic mass is 16.5. The molecule has 3 aromatic rings. The lowest BCUT2D eigenvalue weighted by Crippen LogP contribution is -2.60. The van der Waals surface area contributed by atoms with E-state index in [1.54, 1.807) is 30.3 Å². The van der Waals surface area contributed by atoms with E-state index in [1.807, 2.05) is 44.2 Å². The van der Waals surface area contributed by atoms with Gasteiger partial charge in [0.2, 0.25) is 17.7 Å². The lowest BCUT2D eigenvalue weighted by molar-refractivity contribution is -0.150. The number of aryl methyl sites for hydroxylation is 2. The molecular formula is C45H56N4O7. The van der Waals surface area contributed by atoms with Gasteiger partial charge < -0.3 is 31.3 Å². The number of ether oxygens (including phenoxy) is 1. The second-order valence-electron chi connectivity index (χ2n) is 17.7. The van der Waals surface area contributed by atoms with E-state index in [0.717, 1.165) is 73.6 Å². The van der Waals surface area contributed by atoms with Gasteiger partial charge in [-0.05, 0) is 138 Å². The number of benzene rings is 3. The molecule has 7 N–H and O–H groups in total. The van der Waals surface area contributed by atoms with E-state index in [0.29, 0.717) is 24.2 Å². The van der Waals surface area contributed by atoms with E-state index in [1.165, 1.54) is 5.56 Å². The molecule has 4 aliphatic rings. The number of hydrogen-bond donors (Lipinski definition) is 6. The number of hydrogen-bond acceptors (Lipinski definition) is 8. The summed E-state index contributed by atoms with van der Waals surface area (Å²) in [5.74, 6) is -0.777. The molecule has 4 amide bonds. The number of carbonyl (C=O) groups is 4. The number of aliphatic hydroxyl groups excluding tert-OH is 1. The molecule has 3 aromatic carbocycles. The Kier molecular flexibility index (Phi) is 10.5. The van der Waals surface area contributed by atoms with Gasteiger partial charge in [-0.2, -0.15) is 0 Å². The summed E-state index contributed by atoms with van der Waals surface area (Å²) in [7, 11) is 0. The molecule has 0 radical (unpaired) electrons. The van der Waals surface area contributed by atoms with Crippen molar-refractivity contribution in [2.45, 2.75) is 115 Å². The predicted molar refractivity (Wildman–Crippen MR) is 214 cm³/mol. The van der Waals surface area contributed by atoms with Gasteiger partial charge in [0.05, 0.1) is 17.4 Å². The van der Waals surface area contributed by atoms with E-state index in [-0.39, 0.29) is 41.4 Å². The zero-order valence-electron chi connectivity index (χ0n) is 33.0. The van der Waals surface area contributed by atoms with Crippen LogP contribution in [0.15, 0.2) is 60.7 Å². The molecule has 2 saturated carbocycles. The second kappa shape index (κ2) is 14.9. The Morgan fingerprint density at radius 3 is 1.91 bits per heavy atom. The minimum atomic E-state index is -1.24. The number of alkyl carbamates (subject to hydrolysis) is 1. The molecule has 4 aliphatic carbocycles. The third kappa shape index (κ3) is 6.92. The molecule has 11 heteroatoms. The molecule has 0 aliphatic heterocycles. The van der Waals surface area contributed by atoms with Crippen LogP contribution in [0.1, 0.15) is 107 Å². The highest BCUT2D eigenvalue weighted by molar-refractivity contribution is 6.01. The Hall–Kier alpha value is -4.90. The fraction of sp³-hybridized carbons (Fsp3) is 0.511. The van der Waals surface area contributed by atoms with Crippen LogP contribution in [-0.4, -0.2) is 46.7 Å². The van der Waals surface area contributed by atoms with Crippen LogP contribution in [0.25, 0.3) is 0 Å². The van der Waals surface area contributed by atoms with E-state index in [2.05, 4.69) is 29.8 Å². The number of phenolic OH excluding ortho intramolecular Hbond substituents is 1. The molecule has 56 heavy (non-hydrogen) atoms. The summed E-state index contributed by atoms with van der Waals surface area (Å²) in [6.07, 6.45) is 7.21. The average molecular weight is 765 g/mol. The molecule has 0 aromatic heterocycles. The summed E-state index contributed by atoms with van der Waals surface area (Å²) in [6, 6.07) is 17.0.